The molecule has 25 heavy (non-hydrogen) atoms. The zero-order valence-corrected chi connectivity index (χ0v) is 14.3. The van der Waals surface area contributed by atoms with Crippen LogP contribution in [0.25, 0.3) is 10.9 Å². The highest BCUT2D eigenvalue weighted by molar-refractivity contribution is 5.85. The number of H-pyrrole nitrogens is 1. The van der Waals surface area contributed by atoms with E-state index in [1.54, 1.807) is 7.11 Å². The average Bonchev–Trinajstić information content (AvgIpc) is 3.30. The smallest absolute Gasteiger partial charge is 0.118 e. The highest BCUT2D eigenvalue weighted by Crippen LogP contribution is 2.49. The Balaban J connectivity index is 1.35. The van der Waals surface area contributed by atoms with Crippen molar-refractivity contribution in [1.82, 2.24) is 10.3 Å². The van der Waals surface area contributed by atoms with Gasteiger partial charge in [0.1, 0.15) is 5.75 Å². The number of nitriles is 1. The normalized spacial score (nSPS) is 18.9. The number of ether oxygens (including phenoxy) is 1. The maximum Gasteiger partial charge on any atom is 0.118 e. The molecule has 0 amide bonds. The molecule has 2 unspecified atom stereocenters. The lowest BCUT2D eigenvalue weighted by atomic mass is 10.1. The minimum absolute atomic E-state index is 0.589. The number of benzene rings is 2. The van der Waals surface area contributed by atoms with Crippen LogP contribution in [0.5, 0.6) is 5.75 Å². The molecule has 3 aromatic rings. The highest BCUT2D eigenvalue weighted by Gasteiger charge is 2.39. The van der Waals surface area contributed by atoms with Crippen LogP contribution in [0.15, 0.2) is 48.7 Å². The van der Waals surface area contributed by atoms with E-state index in [-0.39, 0.29) is 0 Å². The molecule has 4 nitrogen and oxygen atoms in total. The first kappa shape index (κ1) is 15.7. The van der Waals surface area contributed by atoms with Crippen molar-refractivity contribution in [3.05, 3.63) is 65.4 Å². The molecule has 126 valence electrons. The van der Waals surface area contributed by atoms with Crippen molar-refractivity contribution in [1.29, 1.82) is 5.26 Å². The number of hydrogen-bond donors (Lipinski definition) is 2. The van der Waals surface area contributed by atoms with Crippen molar-refractivity contribution in [3.63, 3.8) is 0 Å². The Morgan fingerprint density at radius 2 is 2.08 bits per heavy atom. The molecule has 1 aliphatic carbocycles. The van der Waals surface area contributed by atoms with E-state index in [2.05, 4.69) is 34.7 Å². The van der Waals surface area contributed by atoms with Crippen molar-refractivity contribution >= 4 is 10.9 Å². The molecule has 1 heterocycles. The first-order valence-corrected chi connectivity index (χ1v) is 8.63. The van der Waals surface area contributed by atoms with Crippen LogP contribution in [0.3, 0.4) is 0 Å². The van der Waals surface area contributed by atoms with Gasteiger partial charge in [0, 0.05) is 23.6 Å². The summed E-state index contributed by atoms with van der Waals surface area (Å²) >= 11 is 0. The van der Waals surface area contributed by atoms with E-state index in [9.17, 15) is 0 Å². The second-order valence-electron chi connectivity index (χ2n) is 6.70. The van der Waals surface area contributed by atoms with Gasteiger partial charge in [-0.05, 0) is 66.3 Å². The van der Waals surface area contributed by atoms with E-state index in [1.807, 2.05) is 30.3 Å². The second kappa shape index (κ2) is 6.62. The molecule has 0 spiro atoms. The molecule has 0 aliphatic heterocycles. The van der Waals surface area contributed by atoms with Crippen molar-refractivity contribution in [3.8, 4) is 11.8 Å². The lowest BCUT2D eigenvalue weighted by Crippen LogP contribution is -2.16. The zero-order valence-electron chi connectivity index (χ0n) is 14.3. The minimum atomic E-state index is 0.589. The van der Waals surface area contributed by atoms with Crippen LogP contribution in [0.4, 0.5) is 0 Å². The van der Waals surface area contributed by atoms with Gasteiger partial charge in [0.05, 0.1) is 18.7 Å². The van der Waals surface area contributed by atoms with Gasteiger partial charge < -0.3 is 15.0 Å². The molecule has 2 aromatic carbocycles. The van der Waals surface area contributed by atoms with E-state index in [0.717, 1.165) is 29.9 Å². The van der Waals surface area contributed by atoms with Gasteiger partial charge in [-0.3, -0.25) is 0 Å². The third kappa shape index (κ3) is 3.24. The number of nitrogens with zero attached hydrogens (tertiary/aromatic N) is 1. The van der Waals surface area contributed by atoms with Gasteiger partial charge in [0.25, 0.3) is 0 Å². The molecule has 1 saturated carbocycles. The van der Waals surface area contributed by atoms with Gasteiger partial charge in [0.2, 0.25) is 0 Å². The van der Waals surface area contributed by atoms with Crippen molar-refractivity contribution in [2.24, 2.45) is 5.92 Å². The van der Waals surface area contributed by atoms with Gasteiger partial charge in [0.15, 0.2) is 0 Å². The number of methoxy groups -OCH3 is 1. The zero-order chi connectivity index (χ0) is 17.2. The van der Waals surface area contributed by atoms with Gasteiger partial charge >= 0.3 is 0 Å². The molecule has 1 aliphatic rings. The summed E-state index contributed by atoms with van der Waals surface area (Å²) in [6, 6.07) is 16.3. The SMILES string of the molecule is COc1ccc(CNCC2CC2c2c[nH]c3ccc(C#N)cc23)cc1. The predicted octanol–water partition coefficient (Wildman–Crippen LogP) is 3.94. The third-order valence-corrected chi connectivity index (χ3v) is 5.06. The summed E-state index contributed by atoms with van der Waals surface area (Å²) in [6.07, 6.45) is 3.32. The fraction of sp³-hybridized carbons (Fsp3) is 0.286. The number of nitrogens with one attached hydrogen (secondary N) is 2. The van der Waals surface area contributed by atoms with Crippen molar-refractivity contribution < 1.29 is 4.74 Å². The number of aromatic amines is 1. The average molecular weight is 331 g/mol. The Hall–Kier alpha value is -2.77. The van der Waals surface area contributed by atoms with E-state index in [4.69, 9.17) is 10.00 Å². The summed E-state index contributed by atoms with van der Waals surface area (Å²) in [5.41, 5.74) is 4.46. The molecule has 0 radical (unpaired) electrons. The van der Waals surface area contributed by atoms with E-state index < -0.39 is 0 Å². The molecule has 0 saturated heterocycles. The molecule has 4 rings (SSSR count). The van der Waals surface area contributed by atoms with Gasteiger partial charge in [-0.25, -0.2) is 0 Å². The Labute approximate surface area is 147 Å². The van der Waals surface area contributed by atoms with Gasteiger partial charge in [-0.2, -0.15) is 5.26 Å². The largest absolute Gasteiger partial charge is 0.497 e. The van der Waals surface area contributed by atoms with Crippen LogP contribution in [-0.4, -0.2) is 18.6 Å². The molecule has 4 heteroatoms. The first-order chi connectivity index (χ1) is 12.3. The summed E-state index contributed by atoms with van der Waals surface area (Å²) in [4.78, 5) is 3.33. The summed E-state index contributed by atoms with van der Waals surface area (Å²) in [6.45, 7) is 1.89. The van der Waals surface area contributed by atoms with Crippen LogP contribution < -0.4 is 10.1 Å². The third-order valence-electron chi connectivity index (χ3n) is 5.06. The lowest BCUT2D eigenvalue weighted by Gasteiger charge is -2.06. The monoisotopic (exact) mass is 331 g/mol. The first-order valence-electron chi connectivity index (χ1n) is 8.63. The van der Waals surface area contributed by atoms with Crippen LogP contribution in [0, 0.1) is 17.2 Å². The lowest BCUT2D eigenvalue weighted by molar-refractivity contribution is 0.414. The molecule has 2 N–H and O–H groups in total. The minimum Gasteiger partial charge on any atom is -0.497 e. The maximum atomic E-state index is 9.11. The number of hydrogen-bond acceptors (Lipinski definition) is 3. The quantitative estimate of drug-likeness (QED) is 0.719. The Morgan fingerprint density at radius 3 is 2.84 bits per heavy atom. The van der Waals surface area contributed by atoms with Crippen LogP contribution in [0.2, 0.25) is 0 Å². The Morgan fingerprint density at radius 1 is 1.24 bits per heavy atom. The van der Waals surface area contributed by atoms with Crippen LogP contribution >= 0.6 is 0 Å². The molecule has 1 fully saturated rings. The number of rotatable bonds is 6. The van der Waals surface area contributed by atoms with Gasteiger partial charge in [-0.1, -0.05) is 12.1 Å². The maximum absolute atomic E-state index is 9.11. The summed E-state index contributed by atoms with van der Waals surface area (Å²) < 4.78 is 5.19. The molecule has 1 aromatic heterocycles. The van der Waals surface area contributed by atoms with Crippen LogP contribution in [0.1, 0.15) is 29.0 Å². The van der Waals surface area contributed by atoms with Crippen molar-refractivity contribution in [2.75, 3.05) is 13.7 Å². The summed E-state index contributed by atoms with van der Waals surface area (Å²) in [5, 5.41) is 13.9. The van der Waals surface area contributed by atoms with E-state index >= 15 is 0 Å². The Bertz CT molecular complexity index is 920. The molecular formula is C21H21N3O. The number of aromatic nitrogens is 1. The Kier molecular flexibility index (Phi) is 4.17. The highest BCUT2D eigenvalue weighted by atomic mass is 16.5. The molecular weight excluding hydrogens is 310 g/mol. The molecule has 2 atom stereocenters. The fourth-order valence-corrected chi connectivity index (χ4v) is 3.52. The topological polar surface area (TPSA) is 60.8 Å². The van der Waals surface area contributed by atoms with Crippen LogP contribution in [-0.2, 0) is 6.54 Å². The predicted molar refractivity (Wildman–Crippen MR) is 98.6 cm³/mol. The number of fused-ring (bicyclic) bond motifs is 1. The molecule has 0 bridgehead atoms. The summed E-state index contributed by atoms with van der Waals surface area (Å²) in [5.74, 6) is 2.15. The fourth-order valence-electron chi connectivity index (χ4n) is 3.52. The van der Waals surface area contributed by atoms with E-state index in [1.165, 1.54) is 22.9 Å². The second-order valence-corrected chi connectivity index (χ2v) is 6.70. The van der Waals surface area contributed by atoms with Gasteiger partial charge in [-0.15, -0.1) is 0 Å². The van der Waals surface area contributed by atoms with E-state index in [0.29, 0.717) is 11.8 Å². The standard InChI is InChI=1S/C21H21N3O/c1-25-17-5-2-14(3-6-17)11-23-12-16-9-18(16)20-13-24-21-7-4-15(10-22)8-19(20)21/h2-8,13,16,18,23-24H,9,11-12H2,1H3. The summed E-state index contributed by atoms with van der Waals surface area (Å²) in [7, 11) is 1.69. The van der Waals surface area contributed by atoms with Crippen molar-refractivity contribution in [2.45, 2.75) is 18.9 Å².